The molecule has 1 fully saturated rings. The van der Waals surface area contributed by atoms with Crippen LogP contribution in [0.4, 0.5) is 5.82 Å². The van der Waals surface area contributed by atoms with Gasteiger partial charge in [-0.1, -0.05) is 39.0 Å². The molecule has 0 radical (unpaired) electrons. The van der Waals surface area contributed by atoms with Gasteiger partial charge in [0, 0.05) is 11.0 Å². The van der Waals surface area contributed by atoms with Crippen molar-refractivity contribution >= 4 is 21.7 Å². The zero-order valence-electron chi connectivity index (χ0n) is 12.7. The van der Waals surface area contributed by atoms with Crippen molar-refractivity contribution in [2.75, 3.05) is 5.73 Å². The van der Waals surface area contributed by atoms with Gasteiger partial charge in [-0.2, -0.15) is 0 Å². The Balaban J connectivity index is 2.10. The van der Waals surface area contributed by atoms with Crippen molar-refractivity contribution in [3.05, 3.63) is 40.0 Å². The molecule has 1 saturated carbocycles. The third-order valence-corrected chi connectivity index (χ3v) is 4.56. The van der Waals surface area contributed by atoms with Crippen molar-refractivity contribution in [3.63, 3.8) is 0 Å². The van der Waals surface area contributed by atoms with Crippen molar-refractivity contribution in [2.45, 2.75) is 44.9 Å². The lowest BCUT2D eigenvalue weighted by Gasteiger charge is -2.21. The third-order valence-electron chi connectivity index (χ3n) is 3.78. The molecule has 1 aliphatic rings. The van der Waals surface area contributed by atoms with E-state index in [2.05, 4.69) is 66.0 Å². The minimum Gasteiger partial charge on any atom is -0.383 e. The van der Waals surface area contributed by atoms with Crippen LogP contribution in [0.25, 0.3) is 11.4 Å². The van der Waals surface area contributed by atoms with Gasteiger partial charge in [-0.05, 0) is 46.3 Å². The van der Waals surface area contributed by atoms with Gasteiger partial charge in [0.1, 0.15) is 5.82 Å². The zero-order valence-corrected chi connectivity index (χ0v) is 14.2. The van der Waals surface area contributed by atoms with Crippen molar-refractivity contribution in [2.24, 2.45) is 0 Å². The molecule has 1 aromatic heterocycles. The molecule has 1 aromatic carbocycles. The molecule has 0 bridgehead atoms. The number of nitrogens with zero attached hydrogens (tertiary/aromatic N) is 2. The molecular weight excluding hydrogens is 326 g/mol. The number of nitrogens with two attached hydrogens (primary N) is 1. The van der Waals surface area contributed by atoms with Crippen molar-refractivity contribution < 1.29 is 0 Å². The molecule has 0 spiro atoms. The fourth-order valence-corrected chi connectivity index (χ4v) is 3.21. The van der Waals surface area contributed by atoms with Gasteiger partial charge in [0.15, 0.2) is 5.82 Å². The molecule has 2 aromatic rings. The molecule has 3 rings (SSSR count). The van der Waals surface area contributed by atoms with E-state index in [9.17, 15) is 0 Å². The molecule has 1 aliphatic carbocycles. The highest BCUT2D eigenvalue weighted by molar-refractivity contribution is 9.10. The normalized spacial score (nSPS) is 15.2. The van der Waals surface area contributed by atoms with Crippen LogP contribution in [0.1, 0.15) is 50.8 Å². The second-order valence-corrected chi connectivity index (χ2v) is 7.54. The first-order valence-electron chi connectivity index (χ1n) is 7.30. The molecular formula is C17H20BrN3. The monoisotopic (exact) mass is 345 g/mol. The molecule has 0 saturated heterocycles. The Kier molecular flexibility index (Phi) is 3.52. The summed E-state index contributed by atoms with van der Waals surface area (Å²) in [5.74, 6) is 1.93. The highest BCUT2D eigenvalue weighted by Crippen LogP contribution is 2.41. The SMILES string of the molecule is CC(C)(C)c1nc(-c2cccc(C3CC3)c2)nc(N)c1Br. The van der Waals surface area contributed by atoms with Gasteiger partial charge in [0.2, 0.25) is 0 Å². The van der Waals surface area contributed by atoms with E-state index in [0.29, 0.717) is 11.6 Å². The molecule has 21 heavy (non-hydrogen) atoms. The number of halogens is 1. The van der Waals surface area contributed by atoms with Crippen molar-refractivity contribution in [1.29, 1.82) is 0 Å². The first-order chi connectivity index (χ1) is 9.86. The Morgan fingerprint density at radius 2 is 1.90 bits per heavy atom. The lowest BCUT2D eigenvalue weighted by molar-refractivity contribution is 0.565. The van der Waals surface area contributed by atoms with E-state index in [1.807, 2.05) is 0 Å². The highest BCUT2D eigenvalue weighted by Gasteiger charge is 2.25. The minimum absolute atomic E-state index is 0.0846. The average Bonchev–Trinajstić information content (AvgIpc) is 3.25. The Bertz CT molecular complexity index is 685. The summed E-state index contributed by atoms with van der Waals surface area (Å²) < 4.78 is 0.803. The van der Waals surface area contributed by atoms with E-state index >= 15 is 0 Å². The summed E-state index contributed by atoms with van der Waals surface area (Å²) in [6.45, 7) is 6.39. The fraction of sp³-hybridized carbons (Fsp3) is 0.412. The number of rotatable bonds is 2. The van der Waals surface area contributed by atoms with Crippen LogP contribution in [-0.4, -0.2) is 9.97 Å². The summed E-state index contributed by atoms with van der Waals surface area (Å²) in [6.07, 6.45) is 2.58. The minimum atomic E-state index is -0.0846. The predicted octanol–water partition coefficient (Wildman–Crippen LogP) is 4.66. The Labute approximate surface area is 134 Å². The first kappa shape index (κ1) is 14.5. The van der Waals surface area contributed by atoms with E-state index in [4.69, 9.17) is 10.7 Å². The Morgan fingerprint density at radius 3 is 2.52 bits per heavy atom. The van der Waals surface area contributed by atoms with Gasteiger partial charge in [0.25, 0.3) is 0 Å². The summed E-state index contributed by atoms with van der Waals surface area (Å²) in [6, 6.07) is 8.53. The van der Waals surface area contributed by atoms with E-state index in [1.54, 1.807) is 0 Å². The molecule has 4 heteroatoms. The maximum atomic E-state index is 6.07. The van der Waals surface area contributed by atoms with Gasteiger partial charge >= 0.3 is 0 Å². The van der Waals surface area contributed by atoms with Crippen molar-refractivity contribution in [1.82, 2.24) is 9.97 Å². The van der Waals surface area contributed by atoms with Gasteiger partial charge in [-0.25, -0.2) is 9.97 Å². The Hall–Kier alpha value is -1.42. The summed E-state index contributed by atoms with van der Waals surface area (Å²) in [7, 11) is 0. The number of nitrogen functional groups attached to an aromatic ring is 1. The second-order valence-electron chi connectivity index (χ2n) is 6.74. The standard InChI is InChI=1S/C17H20BrN3/c1-17(2,3)14-13(18)15(19)21-16(20-14)12-6-4-5-11(9-12)10-7-8-10/h4-6,9-10H,7-8H2,1-3H3,(H2,19,20,21). The predicted molar refractivity (Wildman–Crippen MR) is 90.3 cm³/mol. The average molecular weight is 346 g/mol. The van der Waals surface area contributed by atoms with Gasteiger partial charge in [0.05, 0.1) is 10.2 Å². The molecule has 110 valence electrons. The summed E-state index contributed by atoms with van der Waals surface area (Å²) in [5.41, 5.74) is 9.36. The molecule has 0 aliphatic heterocycles. The molecule has 0 unspecified atom stereocenters. The third kappa shape index (κ3) is 2.95. The summed E-state index contributed by atoms with van der Waals surface area (Å²) in [5, 5.41) is 0. The van der Waals surface area contributed by atoms with E-state index < -0.39 is 0 Å². The van der Waals surface area contributed by atoms with Gasteiger partial charge in [-0.15, -0.1) is 0 Å². The molecule has 3 nitrogen and oxygen atoms in total. The van der Waals surface area contributed by atoms with Crippen LogP contribution in [0.2, 0.25) is 0 Å². The van der Waals surface area contributed by atoms with Crippen LogP contribution in [0, 0.1) is 0 Å². The smallest absolute Gasteiger partial charge is 0.161 e. The lowest BCUT2D eigenvalue weighted by atomic mass is 9.91. The van der Waals surface area contributed by atoms with Crippen molar-refractivity contribution in [3.8, 4) is 11.4 Å². The molecule has 1 heterocycles. The van der Waals surface area contributed by atoms with E-state index in [1.165, 1.54) is 18.4 Å². The first-order valence-corrected chi connectivity index (χ1v) is 8.09. The molecule has 2 N–H and O–H groups in total. The Morgan fingerprint density at radius 1 is 1.19 bits per heavy atom. The highest BCUT2D eigenvalue weighted by atomic mass is 79.9. The van der Waals surface area contributed by atoms with Gasteiger partial charge in [-0.3, -0.25) is 0 Å². The van der Waals surface area contributed by atoms with Crippen LogP contribution in [0.15, 0.2) is 28.7 Å². The van der Waals surface area contributed by atoms with Crippen LogP contribution >= 0.6 is 15.9 Å². The quantitative estimate of drug-likeness (QED) is 0.860. The zero-order chi connectivity index (χ0) is 15.2. The van der Waals surface area contributed by atoms with Crippen LogP contribution in [-0.2, 0) is 5.41 Å². The van der Waals surface area contributed by atoms with Gasteiger partial charge < -0.3 is 5.73 Å². The maximum absolute atomic E-state index is 6.07. The number of aromatic nitrogens is 2. The fourth-order valence-electron chi connectivity index (χ4n) is 2.44. The number of anilines is 1. The number of hydrogen-bond acceptors (Lipinski definition) is 3. The topological polar surface area (TPSA) is 51.8 Å². The number of benzene rings is 1. The van der Waals surface area contributed by atoms with E-state index in [-0.39, 0.29) is 5.41 Å². The lowest BCUT2D eigenvalue weighted by Crippen LogP contribution is -2.17. The maximum Gasteiger partial charge on any atom is 0.161 e. The summed E-state index contributed by atoms with van der Waals surface area (Å²) >= 11 is 3.52. The van der Waals surface area contributed by atoms with E-state index in [0.717, 1.165) is 21.6 Å². The number of hydrogen-bond donors (Lipinski definition) is 1. The molecule has 0 amide bonds. The molecule has 0 atom stereocenters. The van der Waals surface area contributed by atoms with Crippen LogP contribution < -0.4 is 5.73 Å². The second kappa shape index (κ2) is 5.09. The van der Waals surface area contributed by atoms with Crippen LogP contribution in [0.5, 0.6) is 0 Å². The van der Waals surface area contributed by atoms with Crippen LogP contribution in [0.3, 0.4) is 0 Å². The largest absolute Gasteiger partial charge is 0.383 e. The summed E-state index contributed by atoms with van der Waals surface area (Å²) in [4.78, 5) is 9.22.